The molecule has 0 spiro atoms. The van der Waals surface area contributed by atoms with Crippen molar-refractivity contribution in [3.05, 3.63) is 70.8 Å². The Kier molecular flexibility index (Phi) is 34.0. The van der Waals surface area contributed by atoms with Gasteiger partial charge in [0.15, 0.2) is 23.8 Å². The first kappa shape index (κ1) is 88.1. The van der Waals surface area contributed by atoms with E-state index in [0.29, 0.717) is 89.9 Å². The summed E-state index contributed by atoms with van der Waals surface area (Å²) in [5.41, 5.74) is 48.4. The quantitative estimate of drug-likeness (QED) is 0.0257. The Morgan fingerprint density at radius 2 is 0.639 bits per heavy atom. The number of rotatable bonds is 43. The highest BCUT2D eigenvalue weighted by atomic mass is 16.2. The molecule has 2 aromatic rings. The van der Waals surface area contributed by atoms with Crippen molar-refractivity contribution < 1.29 is 38.4 Å². The van der Waals surface area contributed by atoms with Crippen molar-refractivity contribution in [2.75, 3.05) is 40.3 Å². The third-order valence-electron chi connectivity index (χ3n) is 21.3. The summed E-state index contributed by atoms with van der Waals surface area (Å²) < 4.78 is 0. The number of benzene rings is 2. The van der Waals surface area contributed by atoms with E-state index in [2.05, 4.69) is 118 Å². The highest BCUT2D eigenvalue weighted by Gasteiger charge is 2.45. The molecule has 24 N–H and O–H groups in total. The molecule has 108 heavy (non-hydrogen) atoms. The Hall–Kier alpha value is -8.80. The highest BCUT2D eigenvalue weighted by molar-refractivity contribution is 5.96. The summed E-state index contributed by atoms with van der Waals surface area (Å²) in [7, 11) is 3.56. The van der Waals surface area contributed by atoms with E-state index >= 15 is 0 Å². The summed E-state index contributed by atoms with van der Waals surface area (Å²) in [6.45, 7) is 17.8. The number of unbranched alkanes of at least 4 members (excludes halogenated alkanes) is 7. The van der Waals surface area contributed by atoms with Crippen molar-refractivity contribution in [3.63, 3.8) is 0 Å². The molecule has 4 aliphatic rings. The molecule has 30 nitrogen and oxygen atoms in total. The zero-order valence-corrected chi connectivity index (χ0v) is 66.2. The lowest BCUT2D eigenvalue weighted by atomic mass is 9.79. The molecule has 2 heterocycles. The largest absolute Gasteiger partial charge is 0.370 e. The van der Waals surface area contributed by atoms with E-state index in [1.54, 1.807) is 23.9 Å². The van der Waals surface area contributed by atoms with Gasteiger partial charge in [-0.25, -0.2) is 0 Å². The Bertz CT molecular complexity index is 3140. The second-order valence-corrected chi connectivity index (χ2v) is 33.1. The number of piperidine rings is 2. The number of hydrogen-bond donors (Lipinski definition) is 16. The number of amides is 8. The van der Waals surface area contributed by atoms with Gasteiger partial charge in [0, 0.05) is 87.4 Å². The second kappa shape index (κ2) is 41.7. The van der Waals surface area contributed by atoms with Crippen LogP contribution in [0.4, 0.5) is 0 Å². The average Bonchev–Trinajstić information content (AvgIpc) is 1.08. The first-order valence-corrected chi connectivity index (χ1v) is 39.2. The molecule has 6 rings (SSSR count). The summed E-state index contributed by atoms with van der Waals surface area (Å²) in [6.07, 6.45) is 13.5. The van der Waals surface area contributed by atoms with E-state index in [0.717, 1.165) is 60.8 Å². The number of fused-ring (bicyclic) bond motifs is 2. The lowest BCUT2D eigenvalue weighted by molar-refractivity contribution is -0.140. The van der Waals surface area contributed by atoms with Crippen LogP contribution in [0.3, 0.4) is 0 Å². The van der Waals surface area contributed by atoms with Gasteiger partial charge in [0.1, 0.15) is 36.3 Å². The highest BCUT2D eigenvalue weighted by Crippen LogP contribution is 2.35. The van der Waals surface area contributed by atoms with Crippen molar-refractivity contribution in [2.45, 2.75) is 293 Å². The lowest BCUT2D eigenvalue weighted by Crippen LogP contribution is -2.64. The molecule has 2 aliphatic carbocycles. The van der Waals surface area contributed by atoms with Gasteiger partial charge < -0.3 is 98.2 Å². The molecule has 0 radical (unpaired) electrons. The van der Waals surface area contributed by atoms with E-state index in [9.17, 15) is 38.4 Å². The minimum Gasteiger partial charge on any atom is -0.370 e. The van der Waals surface area contributed by atoms with Crippen LogP contribution in [0.2, 0.25) is 0 Å². The number of nitrogens with one attached hydrogen (secondary N) is 8. The van der Waals surface area contributed by atoms with Gasteiger partial charge in [-0.2, -0.15) is 0 Å². The normalized spacial score (nSPS) is 18.1. The molecule has 6 atom stereocenters. The van der Waals surface area contributed by atoms with E-state index in [1.807, 2.05) is 48.5 Å². The fraction of sp³-hybridized carbons (Fsp3) is 0.692. The van der Waals surface area contributed by atoms with Gasteiger partial charge >= 0.3 is 0 Å². The molecule has 2 saturated heterocycles. The smallest absolute Gasteiger partial charge is 0.245 e. The van der Waals surface area contributed by atoms with Crippen LogP contribution in [-0.2, 0) is 64.0 Å². The number of carbonyl (C=O) groups excluding carboxylic acids is 8. The van der Waals surface area contributed by atoms with E-state index in [1.165, 1.54) is 0 Å². The summed E-state index contributed by atoms with van der Waals surface area (Å²) in [5.74, 6) is -4.41. The molecular formula is C78H132N22O8. The first-order chi connectivity index (χ1) is 50.9. The maximum absolute atomic E-state index is 15.0. The van der Waals surface area contributed by atoms with Crippen LogP contribution in [-0.4, -0.2) is 192 Å². The van der Waals surface area contributed by atoms with Gasteiger partial charge in [0.05, 0.1) is 0 Å². The minimum absolute atomic E-state index is 0.0816. The molecule has 8 amide bonds. The van der Waals surface area contributed by atoms with Gasteiger partial charge in [0.2, 0.25) is 47.3 Å². The van der Waals surface area contributed by atoms with Gasteiger partial charge in [-0.05, 0) is 205 Å². The Morgan fingerprint density at radius 3 is 0.907 bits per heavy atom. The van der Waals surface area contributed by atoms with Gasteiger partial charge in [0.25, 0.3) is 0 Å². The zero-order chi connectivity index (χ0) is 79.5. The predicted octanol–water partition coefficient (Wildman–Crippen LogP) is 2.38. The molecule has 0 saturated carbocycles. The topological polar surface area (TPSA) is 497 Å². The maximum Gasteiger partial charge on any atom is 0.245 e. The number of likely N-dealkylation sites (N-methyl/N-ethyl adjacent to an activating group) is 2. The first-order valence-electron chi connectivity index (χ1n) is 39.2. The molecule has 30 heteroatoms. The Balaban J connectivity index is 1.03. The number of aliphatic imine (C=N–C) groups is 4. The van der Waals surface area contributed by atoms with Crippen LogP contribution in [0.15, 0.2) is 68.5 Å². The van der Waals surface area contributed by atoms with Crippen LogP contribution in [0.25, 0.3) is 0 Å². The molecule has 0 aromatic heterocycles. The van der Waals surface area contributed by atoms with E-state index in [4.69, 9.17) is 45.9 Å². The Morgan fingerprint density at radius 1 is 0.380 bits per heavy atom. The number of guanidine groups is 4. The standard InChI is InChI=1S/C78H132N22O8/c1-75(2)45-55(46-76(3,4)97-75)99(9)69(107)59(33-25-39-89-73(83)84)93-67(105)63(53-41-49-27-19-20-28-50(49)42-53)95-65(103)57(31-23-37-87-71(79)80)91-61(101)35-17-15-13-11-12-14-16-18-36-62(102)92-58(32-24-38-88-72(81)82)66(104)96-64(54-43-51-29-21-22-30-52(51)44-54)68(106)94-60(34-26-40-90-74(85)86)70(108)100(10)56-47-77(5,6)98-78(7,8)48-56/h19-22,27-30,53-60,63-64,97-98H,11-18,23-26,31-48H2,1-10H3,(H,91,101)(H,92,102)(H,93,105)(H,94,106)(H,95,103)(H,96,104)(H4,79,80,87)(H4,81,82,88)(H4,83,84,89)(H4,85,86,90). The third kappa shape index (κ3) is 29.6. The molecule has 6 unspecified atom stereocenters. The van der Waals surface area contributed by atoms with Gasteiger partial charge in [-0.3, -0.25) is 58.3 Å². The molecule has 0 bridgehead atoms. The molecule has 2 aliphatic heterocycles. The molecule has 2 fully saturated rings. The maximum atomic E-state index is 15.0. The Labute approximate surface area is 640 Å². The number of nitrogens with two attached hydrogens (primary N) is 8. The van der Waals surface area contributed by atoms with Crippen molar-refractivity contribution in [1.82, 2.24) is 52.3 Å². The van der Waals surface area contributed by atoms with Crippen molar-refractivity contribution in [2.24, 2.45) is 77.7 Å². The monoisotopic (exact) mass is 1510 g/mol. The predicted molar refractivity (Wildman–Crippen MR) is 426 cm³/mol. The van der Waals surface area contributed by atoms with Crippen LogP contribution < -0.4 is 88.4 Å². The SMILES string of the molecule is CN(C(=O)C(CCCN=C(N)N)NC(=O)C(NC(=O)C(CCCN=C(N)N)NC(=O)CCCCCCCCCCC(=O)NC(CCCN=C(N)N)C(=O)NC(C(=O)NC(CCCN=C(N)N)C(=O)N(C)C1CC(C)(C)NC(C)(C)C1)C1Cc2ccccc2C1)C1Cc2ccccc2C1)C1CC(C)(C)NC(C)(C)C1. The summed E-state index contributed by atoms with van der Waals surface area (Å²) in [6, 6.07) is 9.39. The van der Waals surface area contributed by atoms with Crippen LogP contribution in [0.5, 0.6) is 0 Å². The lowest BCUT2D eigenvalue weighted by Gasteiger charge is -2.49. The van der Waals surface area contributed by atoms with Crippen LogP contribution >= 0.6 is 0 Å². The van der Waals surface area contributed by atoms with Crippen LogP contribution in [0.1, 0.15) is 219 Å². The average molecular weight is 1510 g/mol. The fourth-order valence-electron chi connectivity index (χ4n) is 16.7. The number of nitrogens with zero attached hydrogens (tertiary/aromatic N) is 6. The summed E-state index contributed by atoms with van der Waals surface area (Å²) in [5, 5.41) is 25.5. The second-order valence-electron chi connectivity index (χ2n) is 33.1. The molecule has 602 valence electrons. The van der Waals surface area contributed by atoms with Crippen molar-refractivity contribution in [3.8, 4) is 0 Å². The van der Waals surface area contributed by atoms with Crippen LogP contribution in [0, 0.1) is 11.8 Å². The molecule has 2 aromatic carbocycles. The summed E-state index contributed by atoms with van der Waals surface area (Å²) >= 11 is 0. The summed E-state index contributed by atoms with van der Waals surface area (Å²) in [4.78, 5) is 136. The minimum atomic E-state index is -1.08. The van der Waals surface area contributed by atoms with Gasteiger partial charge in [-0.1, -0.05) is 87.1 Å². The third-order valence-corrected chi connectivity index (χ3v) is 21.3. The number of hydrogen-bond acceptors (Lipinski definition) is 14. The molecular weight excluding hydrogens is 1370 g/mol. The van der Waals surface area contributed by atoms with Crippen molar-refractivity contribution in [1.29, 1.82) is 0 Å². The van der Waals surface area contributed by atoms with E-state index < -0.39 is 59.9 Å². The number of carbonyl (C=O) groups is 8. The van der Waals surface area contributed by atoms with Crippen molar-refractivity contribution >= 4 is 71.1 Å². The zero-order valence-electron chi connectivity index (χ0n) is 66.2. The fourth-order valence-corrected chi connectivity index (χ4v) is 16.7. The van der Waals surface area contributed by atoms with Gasteiger partial charge in [-0.15, -0.1) is 0 Å². The van der Waals surface area contributed by atoms with E-state index in [-0.39, 0.29) is 158 Å².